The molecule has 0 heterocycles. The minimum atomic E-state index is -2.17. The molecular weight excluding hydrogens is 239 g/mol. The van der Waals surface area contributed by atoms with E-state index in [-0.39, 0.29) is 0 Å². The Labute approximate surface area is 112 Å². The van der Waals surface area contributed by atoms with E-state index in [0.29, 0.717) is 7.18 Å². The fourth-order valence-electron chi connectivity index (χ4n) is 0. The molecule has 0 rings (SSSR count). The molecule has 0 saturated heterocycles. The van der Waals surface area contributed by atoms with Crippen LogP contribution in [0.2, 0.25) is 0 Å². The Bertz CT molecular complexity index is 129. The summed E-state index contributed by atoms with van der Waals surface area (Å²) in [6.07, 6.45) is 8.47. The second kappa shape index (κ2) is 75.1. The molecule has 0 spiro atoms. The Hall–Kier alpha value is -1.24. The van der Waals surface area contributed by atoms with Gasteiger partial charge in [-0.05, 0) is 27.2 Å². The number of hydrogen-bond acceptors (Lipinski definition) is 1. The van der Waals surface area contributed by atoms with Gasteiger partial charge in [0.2, 0.25) is 6.43 Å². The molecule has 0 atom stereocenters. The van der Waals surface area contributed by atoms with Gasteiger partial charge in [0.1, 0.15) is 0 Å². The third-order valence-electron chi connectivity index (χ3n) is 0.530. The second-order valence-corrected chi connectivity index (χ2v) is 2.06. The van der Waals surface area contributed by atoms with Gasteiger partial charge in [0.25, 0.3) is 0 Å². The lowest BCUT2D eigenvalue weighted by Gasteiger charge is -1.77. The topological polar surface area (TPSA) is 23.9 Å². The number of nitrogens with one attached hydrogen (secondary N) is 1. The zero-order valence-electron chi connectivity index (χ0n) is 12.9. The van der Waals surface area contributed by atoms with Crippen molar-refractivity contribution in [2.45, 2.75) is 54.4 Å². The Morgan fingerprint density at radius 1 is 1.28 bits per heavy atom. The van der Waals surface area contributed by atoms with E-state index in [9.17, 15) is 13.2 Å². The quantitative estimate of drug-likeness (QED) is 0.355. The fourth-order valence-corrected chi connectivity index (χ4v) is 0. The molecular formula is C14H30F3N. The summed E-state index contributed by atoms with van der Waals surface area (Å²) < 4.78 is 30.2. The predicted molar refractivity (Wildman–Crippen MR) is 79.5 cm³/mol. The van der Waals surface area contributed by atoms with Crippen molar-refractivity contribution in [3.63, 3.8) is 0 Å². The average molecular weight is 269 g/mol. The Morgan fingerprint density at radius 3 is 1.33 bits per heavy atom. The molecule has 4 heteroatoms. The zero-order valence-corrected chi connectivity index (χ0v) is 12.9. The molecule has 0 aromatic carbocycles. The summed E-state index contributed by atoms with van der Waals surface area (Å²) in [7, 11) is 0.500. The van der Waals surface area contributed by atoms with E-state index in [1.807, 2.05) is 27.7 Å². The van der Waals surface area contributed by atoms with Gasteiger partial charge in [-0.25, -0.2) is 8.78 Å². The lowest BCUT2D eigenvalue weighted by molar-refractivity contribution is 0.171. The van der Waals surface area contributed by atoms with Gasteiger partial charge in [-0.3, -0.25) is 4.39 Å². The average Bonchev–Trinajstić information content (AvgIpc) is 2.37. The number of rotatable bonds is 1. The minimum Gasteiger partial charge on any atom is -0.310 e. The summed E-state index contributed by atoms with van der Waals surface area (Å²) in [5, 5.41) is 6.74. The summed E-state index contributed by atoms with van der Waals surface area (Å²) in [5.74, 6) is 0. The summed E-state index contributed by atoms with van der Waals surface area (Å²) in [6, 6.07) is 0. The van der Waals surface area contributed by atoms with Crippen LogP contribution >= 0.6 is 0 Å². The maximum Gasteiger partial charge on any atom is 0.235 e. The second-order valence-electron chi connectivity index (χ2n) is 2.06. The molecule has 0 aliphatic rings. The van der Waals surface area contributed by atoms with Gasteiger partial charge in [0.15, 0.2) is 0 Å². The van der Waals surface area contributed by atoms with Gasteiger partial charge in [0.05, 0.1) is 7.18 Å². The third kappa shape index (κ3) is 4840. The molecule has 18 heavy (non-hydrogen) atoms. The number of halogens is 3. The van der Waals surface area contributed by atoms with Crippen LogP contribution in [0.4, 0.5) is 13.2 Å². The SMILES string of the molecule is C#C.C=CC.CC.CC(F)F.CCC(C)=N.CF. The molecule has 0 aliphatic carbocycles. The number of allylic oxidation sites excluding steroid dienone is 1. The maximum atomic E-state index is 10.3. The summed E-state index contributed by atoms with van der Waals surface area (Å²) in [6.45, 7) is 13.9. The van der Waals surface area contributed by atoms with Crippen LogP contribution in [0, 0.1) is 18.3 Å². The summed E-state index contributed by atoms with van der Waals surface area (Å²) in [4.78, 5) is 0. The standard InChI is InChI=1S/C4H9N.C3H6.C2H4F2.C2H6.C2H2.CH3F/c1-3-4(2)5;1-3-2;1-2(3)4;3*1-2/h5H,3H2,1-2H3;3H,1H2,2H3;2H,1H3;1-2H3;1-2H;1H3. The lowest BCUT2D eigenvalue weighted by atomic mass is 10.3. The van der Waals surface area contributed by atoms with Gasteiger partial charge in [-0.2, -0.15) is 0 Å². The highest BCUT2D eigenvalue weighted by Gasteiger charge is 1.79. The molecule has 1 N–H and O–H groups in total. The van der Waals surface area contributed by atoms with Gasteiger partial charge in [-0.15, -0.1) is 19.4 Å². The monoisotopic (exact) mass is 269 g/mol. The molecule has 112 valence electrons. The Balaban J connectivity index is -0.0000000253. The van der Waals surface area contributed by atoms with E-state index < -0.39 is 6.43 Å². The largest absolute Gasteiger partial charge is 0.310 e. The van der Waals surface area contributed by atoms with Crippen LogP contribution in [0.3, 0.4) is 0 Å². The van der Waals surface area contributed by atoms with Gasteiger partial charge < -0.3 is 5.41 Å². The molecule has 0 aromatic rings. The number of terminal acetylenes is 1. The Kier molecular flexibility index (Phi) is 150. The van der Waals surface area contributed by atoms with Crippen LogP contribution in [-0.4, -0.2) is 19.3 Å². The van der Waals surface area contributed by atoms with E-state index in [4.69, 9.17) is 5.41 Å². The van der Waals surface area contributed by atoms with Crippen molar-refractivity contribution in [3.05, 3.63) is 12.7 Å². The molecule has 0 bridgehead atoms. The molecule has 1 nitrogen and oxygen atoms in total. The Morgan fingerprint density at radius 2 is 1.33 bits per heavy atom. The van der Waals surface area contributed by atoms with Crippen LogP contribution in [0.5, 0.6) is 0 Å². The summed E-state index contributed by atoms with van der Waals surface area (Å²) >= 11 is 0. The third-order valence-corrected chi connectivity index (χ3v) is 0.530. The molecule has 0 amide bonds. The van der Waals surface area contributed by atoms with Crippen molar-refractivity contribution in [1.29, 1.82) is 5.41 Å². The van der Waals surface area contributed by atoms with E-state index >= 15 is 0 Å². The molecule has 0 fully saturated rings. The fraction of sp³-hybridized carbons (Fsp3) is 0.643. The number of hydrogen-bond donors (Lipinski definition) is 1. The van der Waals surface area contributed by atoms with Crippen molar-refractivity contribution >= 4 is 5.71 Å². The van der Waals surface area contributed by atoms with Crippen LogP contribution in [0.1, 0.15) is 48.0 Å². The predicted octanol–water partition coefficient (Wildman–Crippen LogP) is 5.76. The van der Waals surface area contributed by atoms with E-state index in [2.05, 4.69) is 19.4 Å². The number of alkyl halides is 3. The first-order chi connectivity index (χ1) is 8.42. The minimum absolute atomic E-state index is 0.500. The van der Waals surface area contributed by atoms with E-state index in [0.717, 1.165) is 19.1 Å². The molecule has 0 unspecified atom stereocenters. The first-order valence-corrected chi connectivity index (χ1v) is 5.52. The first kappa shape index (κ1) is 36.0. The molecule has 0 aromatic heterocycles. The van der Waals surface area contributed by atoms with Gasteiger partial charge in [-0.1, -0.05) is 26.8 Å². The first-order valence-electron chi connectivity index (χ1n) is 5.52. The summed E-state index contributed by atoms with van der Waals surface area (Å²) in [5.41, 5.74) is 0.755. The van der Waals surface area contributed by atoms with Gasteiger partial charge >= 0.3 is 0 Å². The molecule has 0 aliphatic heterocycles. The van der Waals surface area contributed by atoms with E-state index in [1.54, 1.807) is 13.0 Å². The maximum absolute atomic E-state index is 10.3. The van der Waals surface area contributed by atoms with Crippen molar-refractivity contribution in [2.24, 2.45) is 0 Å². The van der Waals surface area contributed by atoms with Crippen LogP contribution in [0.25, 0.3) is 0 Å². The van der Waals surface area contributed by atoms with Crippen molar-refractivity contribution in [1.82, 2.24) is 0 Å². The highest BCUT2D eigenvalue weighted by molar-refractivity contribution is 5.77. The highest BCUT2D eigenvalue weighted by Crippen LogP contribution is 1.82. The van der Waals surface area contributed by atoms with Crippen LogP contribution < -0.4 is 0 Å². The van der Waals surface area contributed by atoms with Crippen LogP contribution in [0.15, 0.2) is 12.7 Å². The molecule has 0 saturated carbocycles. The van der Waals surface area contributed by atoms with Gasteiger partial charge in [0, 0.05) is 5.71 Å². The highest BCUT2D eigenvalue weighted by atomic mass is 19.3. The van der Waals surface area contributed by atoms with Crippen molar-refractivity contribution in [2.75, 3.05) is 7.18 Å². The lowest BCUT2D eigenvalue weighted by Crippen LogP contribution is -1.78. The van der Waals surface area contributed by atoms with Crippen LogP contribution in [-0.2, 0) is 0 Å². The molecule has 0 radical (unpaired) electrons. The normalized spacial score (nSPS) is 5.61. The van der Waals surface area contributed by atoms with Crippen molar-refractivity contribution in [3.8, 4) is 12.8 Å². The van der Waals surface area contributed by atoms with Crippen molar-refractivity contribution < 1.29 is 13.2 Å². The smallest absolute Gasteiger partial charge is 0.235 e. The van der Waals surface area contributed by atoms with E-state index in [1.165, 1.54) is 0 Å². The zero-order chi connectivity index (χ0) is 16.6.